The van der Waals surface area contributed by atoms with Crippen molar-refractivity contribution in [1.29, 1.82) is 0 Å². The lowest BCUT2D eigenvalue weighted by Gasteiger charge is -2.09. The van der Waals surface area contributed by atoms with Gasteiger partial charge in [-0.15, -0.1) is 21.5 Å². The van der Waals surface area contributed by atoms with Crippen LogP contribution in [0, 0.1) is 6.92 Å². The number of aromatic nitrogens is 3. The first kappa shape index (κ1) is 19.4. The summed E-state index contributed by atoms with van der Waals surface area (Å²) in [5.41, 5.74) is 0.243. The minimum Gasteiger partial charge on any atom is -0.325 e. The van der Waals surface area contributed by atoms with Crippen molar-refractivity contribution in [3.8, 4) is 11.4 Å². The molecule has 1 aromatic carbocycles. The fourth-order valence-electron chi connectivity index (χ4n) is 2.35. The fraction of sp³-hybridized carbons (Fsp3) is 0.235. The average molecular weight is 412 g/mol. The van der Waals surface area contributed by atoms with E-state index in [2.05, 4.69) is 15.5 Å². The summed E-state index contributed by atoms with van der Waals surface area (Å²) in [6, 6.07) is 6.53. The highest BCUT2D eigenvalue weighted by Crippen LogP contribution is 2.31. The molecule has 0 unspecified atom stereocenters. The van der Waals surface area contributed by atoms with Crippen molar-refractivity contribution >= 4 is 34.7 Å². The molecule has 2 aromatic heterocycles. The smallest absolute Gasteiger partial charge is 0.325 e. The van der Waals surface area contributed by atoms with Crippen molar-refractivity contribution in [2.24, 2.45) is 7.05 Å². The summed E-state index contributed by atoms with van der Waals surface area (Å²) < 4.78 is 40.0. The Hall–Kier alpha value is -2.33. The normalized spacial score (nSPS) is 11.6. The van der Waals surface area contributed by atoms with Gasteiger partial charge in [0.15, 0.2) is 11.0 Å². The van der Waals surface area contributed by atoms with Crippen LogP contribution in [-0.2, 0) is 18.0 Å². The number of nitrogens with zero attached hydrogens (tertiary/aromatic N) is 3. The lowest BCUT2D eigenvalue weighted by atomic mass is 10.2. The standard InChI is InChI=1S/C17H15F3N4OS2/c1-10-6-11(8-26-10)15-22-23-16(24(15)2)27-9-14(25)21-13-5-3-4-12(7-13)17(18,19)20/h3-8H,9H2,1-2H3,(H,21,25). The lowest BCUT2D eigenvalue weighted by molar-refractivity contribution is -0.137. The highest BCUT2D eigenvalue weighted by Gasteiger charge is 2.30. The zero-order valence-corrected chi connectivity index (χ0v) is 16.0. The molecule has 0 saturated heterocycles. The van der Waals surface area contributed by atoms with Crippen molar-refractivity contribution in [2.75, 3.05) is 11.1 Å². The summed E-state index contributed by atoms with van der Waals surface area (Å²) in [5.74, 6) is 0.278. The first-order valence-electron chi connectivity index (χ1n) is 7.79. The van der Waals surface area contributed by atoms with Gasteiger partial charge in [0.1, 0.15) is 0 Å². The van der Waals surface area contributed by atoms with Gasteiger partial charge in [-0.05, 0) is 31.2 Å². The van der Waals surface area contributed by atoms with Gasteiger partial charge >= 0.3 is 6.18 Å². The zero-order chi connectivity index (χ0) is 19.6. The Bertz CT molecular complexity index is 965. The molecule has 0 aliphatic rings. The summed E-state index contributed by atoms with van der Waals surface area (Å²) in [5, 5.41) is 13.2. The number of carbonyl (C=O) groups excluding carboxylic acids is 1. The fourth-order valence-corrected chi connectivity index (χ4v) is 3.75. The lowest BCUT2D eigenvalue weighted by Crippen LogP contribution is -2.15. The zero-order valence-electron chi connectivity index (χ0n) is 14.4. The van der Waals surface area contributed by atoms with Crippen LogP contribution < -0.4 is 5.32 Å². The first-order valence-corrected chi connectivity index (χ1v) is 9.65. The number of amides is 1. The molecular weight excluding hydrogens is 397 g/mol. The maximum Gasteiger partial charge on any atom is 0.416 e. The Morgan fingerprint density at radius 2 is 2.07 bits per heavy atom. The Balaban J connectivity index is 1.62. The molecule has 1 amide bonds. The van der Waals surface area contributed by atoms with Gasteiger partial charge in [-0.1, -0.05) is 17.8 Å². The van der Waals surface area contributed by atoms with E-state index in [1.165, 1.54) is 12.1 Å². The minimum atomic E-state index is -4.45. The van der Waals surface area contributed by atoms with E-state index in [-0.39, 0.29) is 11.4 Å². The number of alkyl halides is 3. The number of hydrogen-bond donors (Lipinski definition) is 1. The van der Waals surface area contributed by atoms with Crippen molar-refractivity contribution in [1.82, 2.24) is 14.8 Å². The van der Waals surface area contributed by atoms with Crippen LogP contribution >= 0.6 is 23.1 Å². The molecule has 2 heterocycles. The van der Waals surface area contributed by atoms with Crippen LogP contribution in [0.15, 0.2) is 40.9 Å². The first-order chi connectivity index (χ1) is 12.7. The van der Waals surface area contributed by atoms with Crippen LogP contribution in [0.4, 0.5) is 18.9 Å². The number of thioether (sulfide) groups is 1. The second-order valence-electron chi connectivity index (χ2n) is 5.73. The Labute approximate surface area is 161 Å². The van der Waals surface area contributed by atoms with Crippen LogP contribution in [0.3, 0.4) is 0 Å². The second kappa shape index (κ2) is 7.73. The minimum absolute atomic E-state index is 0.00484. The molecule has 142 valence electrons. The summed E-state index contributed by atoms with van der Waals surface area (Å²) in [6.45, 7) is 2.00. The van der Waals surface area contributed by atoms with E-state index in [1.54, 1.807) is 23.0 Å². The second-order valence-corrected chi connectivity index (χ2v) is 7.78. The highest BCUT2D eigenvalue weighted by molar-refractivity contribution is 7.99. The molecule has 0 saturated carbocycles. The SMILES string of the molecule is Cc1cc(-c2nnc(SCC(=O)Nc3cccc(C(F)(F)F)c3)n2C)cs1. The van der Waals surface area contributed by atoms with E-state index < -0.39 is 17.6 Å². The summed E-state index contributed by atoms with van der Waals surface area (Å²) in [6.07, 6.45) is -4.45. The van der Waals surface area contributed by atoms with Gasteiger partial charge in [0.05, 0.1) is 11.3 Å². The monoisotopic (exact) mass is 412 g/mol. The number of thiophene rings is 1. The third-order valence-corrected chi connectivity index (χ3v) is 5.51. The molecule has 0 fully saturated rings. The van der Waals surface area contributed by atoms with Crippen LogP contribution in [-0.4, -0.2) is 26.4 Å². The maximum absolute atomic E-state index is 12.7. The molecule has 10 heteroatoms. The molecule has 0 aliphatic heterocycles. The van der Waals surface area contributed by atoms with E-state index in [4.69, 9.17) is 0 Å². The maximum atomic E-state index is 12.7. The van der Waals surface area contributed by atoms with Crippen LogP contribution in [0.5, 0.6) is 0 Å². The van der Waals surface area contributed by atoms with Gasteiger partial charge in [0.2, 0.25) is 5.91 Å². The number of benzene rings is 1. The van der Waals surface area contributed by atoms with Crippen molar-refractivity contribution in [3.05, 3.63) is 46.2 Å². The molecule has 0 bridgehead atoms. The summed E-state index contributed by atoms with van der Waals surface area (Å²) in [7, 11) is 1.80. The Morgan fingerprint density at radius 3 is 2.74 bits per heavy atom. The van der Waals surface area contributed by atoms with Crippen molar-refractivity contribution < 1.29 is 18.0 Å². The molecule has 3 aromatic rings. The van der Waals surface area contributed by atoms with Crippen molar-refractivity contribution in [2.45, 2.75) is 18.3 Å². The molecule has 0 atom stereocenters. The third kappa shape index (κ3) is 4.69. The molecule has 5 nitrogen and oxygen atoms in total. The molecule has 0 aliphatic carbocycles. The molecule has 3 rings (SSSR count). The van der Waals surface area contributed by atoms with Gasteiger partial charge in [-0.2, -0.15) is 13.2 Å². The van der Waals surface area contributed by atoms with E-state index in [0.29, 0.717) is 11.0 Å². The van der Waals surface area contributed by atoms with E-state index in [1.807, 2.05) is 18.4 Å². The number of hydrogen-bond acceptors (Lipinski definition) is 5. The molecular formula is C17H15F3N4OS2. The average Bonchev–Trinajstić information content (AvgIpc) is 3.18. The number of aryl methyl sites for hydroxylation is 1. The molecule has 0 spiro atoms. The van der Waals surface area contributed by atoms with Crippen LogP contribution in [0.1, 0.15) is 10.4 Å². The topological polar surface area (TPSA) is 59.8 Å². The van der Waals surface area contributed by atoms with Gasteiger partial charge in [0, 0.05) is 28.6 Å². The van der Waals surface area contributed by atoms with Gasteiger partial charge in [-0.3, -0.25) is 4.79 Å². The largest absolute Gasteiger partial charge is 0.416 e. The molecule has 0 radical (unpaired) electrons. The van der Waals surface area contributed by atoms with Gasteiger partial charge in [-0.25, -0.2) is 0 Å². The third-order valence-electron chi connectivity index (χ3n) is 3.63. The molecule has 27 heavy (non-hydrogen) atoms. The van der Waals surface area contributed by atoms with Crippen LogP contribution in [0.2, 0.25) is 0 Å². The van der Waals surface area contributed by atoms with E-state index >= 15 is 0 Å². The van der Waals surface area contributed by atoms with Gasteiger partial charge < -0.3 is 9.88 Å². The number of halogens is 3. The Morgan fingerprint density at radius 1 is 1.30 bits per heavy atom. The summed E-state index contributed by atoms with van der Waals surface area (Å²) in [4.78, 5) is 13.2. The molecule has 1 N–H and O–H groups in total. The predicted octanol–water partition coefficient (Wildman–Crippen LogP) is 4.60. The number of carbonyl (C=O) groups is 1. The van der Waals surface area contributed by atoms with E-state index in [0.717, 1.165) is 34.3 Å². The van der Waals surface area contributed by atoms with Crippen LogP contribution in [0.25, 0.3) is 11.4 Å². The van der Waals surface area contributed by atoms with E-state index in [9.17, 15) is 18.0 Å². The van der Waals surface area contributed by atoms with Gasteiger partial charge in [0.25, 0.3) is 0 Å². The number of anilines is 1. The number of rotatable bonds is 5. The summed E-state index contributed by atoms with van der Waals surface area (Å²) >= 11 is 2.77. The number of nitrogens with one attached hydrogen (secondary N) is 1. The predicted molar refractivity (Wildman–Crippen MR) is 99.9 cm³/mol. The van der Waals surface area contributed by atoms with Crippen molar-refractivity contribution in [3.63, 3.8) is 0 Å². The quantitative estimate of drug-likeness (QED) is 0.622. The highest BCUT2D eigenvalue weighted by atomic mass is 32.2. The Kier molecular flexibility index (Phi) is 5.56.